The molecule has 1 heterocycles. The maximum atomic E-state index is 13.6. The number of pyridine rings is 1. The third-order valence-electron chi connectivity index (χ3n) is 3.71. The zero-order valence-electron chi connectivity index (χ0n) is 14.2. The first-order valence-corrected chi connectivity index (χ1v) is 8.04. The molecule has 0 atom stereocenters. The van der Waals surface area contributed by atoms with E-state index < -0.39 is 0 Å². The van der Waals surface area contributed by atoms with Crippen LogP contribution >= 0.6 is 0 Å². The number of para-hydroxylation sites is 1. The summed E-state index contributed by atoms with van der Waals surface area (Å²) in [6.07, 6.45) is 1.77. The Labute approximate surface area is 150 Å². The van der Waals surface area contributed by atoms with Crippen molar-refractivity contribution in [3.8, 4) is 5.75 Å². The summed E-state index contributed by atoms with van der Waals surface area (Å²) in [7, 11) is 1.60. The molecule has 0 unspecified atom stereocenters. The van der Waals surface area contributed by atoms with Gasteiger partial charge in [0, 0.05) is 0 Å². The molecule has 0 bridgehead atoms. The summed E-state index contributed by atoms with van der Waals surface area (Å²) < 4.78 is 18.7. The van der Waals surface area contributed by atoms with E-state index in [0.717, 1.165) is 11.3 Å². The minimum absolute atomic E-state index is 0.169. The summed E-state index contributed by atoms with van der Waals surface area (Å²) in [5, 5.41) is 5.68. The molecule has 2 aromatic carbocycles. The van der Waals surface area contributed by atoms with Crippen molar-refractivity contribution in [3.05, 3.63) is 78.2 Å². The van der Waals surface area contributed by atoms with Gasteiger partial charge in [0.2, 0.25) is 5.91 Å². The van der Waals surface area contributed by atoms with Gasteiger partial charge in [-0.2, -0.15) is 0 Å². The number of hydrogen-bond acceptors (Lipinski definition) is 4. The summed E-state index contributed by atoms with van der Waals surface area (Å²) >= 11 is 0. The summed E-state index contributed by atoms with van der Waals surface area (Å²) in [6.45, 7) is 0. The third kappa shape index (κ3) is 4.57. The van der Waals surface area contributed by atoms with Gasteiger partial charge >= 0.3 is 0 Å². The van der Waals surface area contributed by atoms with Crippen LogP contribution in [0.15, 0.2) is 66.9 Å². The van der Waals surface area contributed by atoms with E-state index in [0.29, 0.717) is 17.2 Å². The highest BCUT2D eigenvalue weighted by Crippen LogP contribution is 2.20. The van der Waals surface area contributed by atoms with Crippen LogP contribution in [0.2, 0.25) is 0 Å². The van der Waals surface area contributed by atoms with Crippen molar-refractivity contribution in [2.24, 2.45) is 0 Å². The van der Waals surface area contributed by atoms with Crippen LogP contribution in [0.3, 0.4) is 0 Å². The highest BCUT2D eigenvalue weighted by Gasteiger charge is 2.06. The number of carbonyl (C=O) groups is 1. The predicted octanol–water partition coefficient (Wildman–Crippen LogP) is 4.15. The van der Waals surface area contributed by atoms with Gasteiger partial charge in [-0.05, 0) is 42.0 Å². The number of halogens is 1. The van der Waals surface area contributed by atoms with Gasteiger partial charge in [0.05, 0.1) is 31.1 Å². The van der Waals surface area contributed by atoms with E-state index in [4.69, 9.17) is 4.74 Å². The van der Waals surface area contributed by atoms with Gasteiger partial charge in [-0.25, -0.2) is 9.37 Å². The number of nitrogens with one attached hydrogen (secondary N) is 2. The van der Waals surface area contributed by atoms with Crippen LogP contribution in [-0.4, -0.2) is 18.0 Å². The number of hydrogen-bond donors (Lipinski definition) is 2. The molecule has 3 rings (SSSR count). The largest absolute Gasteiger partial charge is 0.497 e. The first-order valence-electron chi connectivity index (χ1n) is 8.04. The van der Waals surface area contributed by atoms with Gasteiger partial charge in [-0.15, -0.1) is 0 Å². The Balaban J connectivity index is 1.58. The number of amides is 1. The Morgan fingerprint density at radius 3 is 2.50 bits per heavy atom. The van der Waals surface area contributed by atoms with E-state index in [1.807, 2.05) is 24.3 Å². The van der Waals surface area contributed by atoms with Crippen molar-refractivity contribution in [1.29, 1.82) is 0 Å². The molecule has 3 aromatic rings. The van der Waals surface area contributed by atoms with Gasteiger partial charge in [0.15, 0.2) is 0 Å². The van der Waals surface area contributed by atoms with Crippen molar-refractivity contribution in [3.63, 3.8) is 0 Å². The molecule has 5 nitrogen and oxygen atoms in total. The lowest BCUT2D eigenvalue weighted by molar-refractivity contribution is -0.115. The van der Waals surface area contributed by atoms with Crippen molar-refractivity contribution >= 4 is 23.1 Å². The number of methoxy groups -OCH3 is 1. The van der Waals surface area contributed by atoms with Crippen LogP contribution in [0.1, 0.15) is 5.56 Å². The molecule has 0 aliphatic heterocycles. The lowest BCUT2D eigenvalue weighted by atomic mass is 10.1. The van der Waals surface area contributed by atoms with Crippen molar-refractivity contribution in [2.75, 3.05) is 17.7 Å². The minimum Gasteiger partial charge on any atom is -0.497 e. The second-order valence-corrected chi connectivity index (χ2v) is 5.61. The molecular weight excluding hydrogens is 333 g/mol. The lowest BCUT2D eigenvalue weighted by Crippen LogP contribution is -2.15. The topological polar surface area (TPSA) is 63.2 Å². The van der Waals surface area contributed by atoms with Crippen molar-refractivity contribution in [2.45, 2.75) is 6.42 Å². The predicted molar refractivity (Wildman–Crippen MR) is 99.2 cm³/mol. The van der Waals surface area contributed by atoms with Crippen LogP contribution in [0.5, 0.6) is 5.75 Å². The van der Waals surface area contributed by atoms with Crippen LogP contribution in [0, 0.1) is 5.82 Å². The Morgan fingerprint density at radius 1 is 1.08 bits per heavy atom. The Bertz CT molecular complexity index is 880. The molecule has 6 heteroatoms. The molecule has 0 saturated carbocycles. The quantitative estimate of drug-likeness (QED) is 0.700. The lowest BCUT2D eigenvalue weighted by Gasteiger charge is -2.09. The maximum absolute atomic E-state index is 13.6. The number of benzene rings is 2. The van der Waals surface area contributed by atoms with Crippen LogP contribution in [-0.2, 0) is 11.2 Å². The molecule has 0 saturated heterocycles. The van der Waals surface area contributed by atoms with Gasteiger partial charge in [0.25, 0.3) is 0 Å². The van der Waals surface area contributed by atoms with Gasteiger partial charge in [-0.1, -0.05) is 24.3 Å². The van der Waals surface area contributed by atoms with E-state index in [1.165, 1.54) is 12.3 Å². The highest BCUT2D eigenvalue weighted by atomic mass is 19.1. The van der Waals surface area contributed by atoms with Crippen molar-refractivity contribution < 1.29 is 13.9 Å². The first kappa shape index (κ1) is 17.4. The normalized spacial score (nSPS) is 10.2. The minimum atomic E-state index is -0.343. The number of ether oxygens (including phenoxy) is 1. The maximum Gasteiger partial charge on any atom is 0.229 e. The molecular formula is C20H18FN3O2. The Morgan fingerprint density at radius 2 is 1.85 bits per heavy atom. The summed E-state index contributed by atoms with van der Waals surface area (Å²) in [5.74, 6) is 0.665. The average molecular weight is 351 g/mol. The molecule has 0 aliphatic rings. The third-order valence-corrected chi connectivity index (χ3v) is 3.71. The Kier molecular flexibility index (Phi) is 5.43. The fraction of sp³-hybridized carbons (Fsp3) is 0.100. The molecule has 1 aromatic heterocycles. The molecule has 0 spiro atoms. The van der Waals surface area contributed by atoms with E-state index >= 15 is 0 Å². The number of aromatic nitrogens is 1. The van der Waals surface area contributed by atoms with E-state index in [2.05, 4.69) is 15.6 Å². The Hall–Kier alpha value is -3.41. The van der Waals surface area contributed by atoms with Crippen LogP contribution in [0.4, 0.5) is 21.6 Å². The monoisotopic (exact) mass is 351 g/mol. The van der Waals surface area contributed by atoms with E-state index in [-0.39, 0.29) is 18.1 Å². The average Bonchev–Trinajstić information content (AvgIpc) is 2.66. The molecule has 132 valence electrons. The number of anilines is 3. The van der Waals surface area contributed by atoms with Crippen LogP contribution < -0.4 is 15.4 Å². The number of carbonyl (C=O) groups excluding carboxylic acids is 1. The van der Waals surface area contributed by atoms with Crippen molar-refractivity contribution in [1.82, 2.24) is 4.98 Å². The first-order chi connectivity index (χ1) is 12.6. The molecule has 1 amide bonds. The number of rotatable bonds is 6. The zero-order chi connectivity index (χ0) is 18.4. The van der Waals surface area contributed by atoms with Gasteiger partial charge in [0.1, 0.15) is 17.4 Å². The fourth-order valence-electron chi connectivity index (χ4n) is 2.38. The molecule has 0 radical (unpaired) electrons. The summed E-state index contributed by atoms with van der Waals surface area (Å²) in [5.41, 5.74) is 1.87. The smallest absolute Gasteiger partial charge is 0.229 e. The van der Waals surface area contributed by atoms with E-state index in [1.54, 1.807) is 37.4 Å². The van der Waals surface area contributed by atoms with Crippen LogP contribution in [0.25, 0.3) is 0 Å². The summed E-state index contributed by atoms with van der Waals surface area (Å²) in [6, 6.07) is 17.1. The summed E-state index contributed by atoms with van der Waals surface area (Å²) in [4.78, 5) is 16.3. The van der Waals surface area contributed by atoms with E-state index in [9.17, 15) is 9.18 Å². The SMILES string of the molecule is COc1ccc(CC(=O)Nc2ccc(Nc3ccccc3F)cn2)cc1. The highest BCUT2D eigenvalue weighted by molar-refractivity contribution is 5.91. The van der Waals surface area contributed by atoms with Gasteiger partial charge < -0.3 is 15.4 Å². The number of nitrogens with zero attached hydrogens (tertiary/aromatic N) is 1. The molecule has 0 aliphatic carbocycles. The fourth-order valence-corrected chi connectivity index (χ4v) is 2.38. The van der Waals surface area contributed by atoms with Gasteiger partial charge in [-0.3, -0.25) is 4.79 Å². The standard InChI is InChI=1S/C20H18FN3O2/c1-26-16-9-6-14(7-10-16)12-20(25)24-19-11-8-15(13-22-19)23-18-5-3-2-4-17(18)21/h2-11,13,23H,12H2,1H3,(H,22,24,25). The molecule has 26 heavy (non-hydrogen) atoms. The second-order valence-electron chi connectivity index (χ2n) is 5.61. The second kappa shape index (κ2) is 8.11. The molecule has 2 N–H and O–H groups in total. The molecule has 0 fully saturated rings. The zero-order valence-corrected chi connectivity index (χ0v) is 14.2.